The zero-order chi connectivity index (χ0) is 27.7. The number of aldehydes is 1. The molecule has 0 aliphatic carbocycles. The fraction of sp³-hybridized carbons (Fsp3) is 0.364. The van der Waals surface area contributed by atoms with Gasteiger partial charge in [-0.3, -0.25) is 9.93 Å². The third-order valence-electron chi connectivity index (χ3n) is 3.67. The lowest BCUT2D eigenvalue weighted by atomic mass is 10.2. The van der Waals surface area contributed by atoms with Gasteiger partial charge in [0, 0.05) is 17.3 Å². The Balaban J connectivity index is 0.000000550. The molecule has 0 aliphatic heterocycles. The van der Waals surface area contributed by atoms with Crippen LogP contribution in [0.25, 0.3) is 0 Å². The second-order valence-electron chi connectivity index (χ2n) is 8.65. The first-order chi connectivity index (χ1) is 15.8. The van der Waals surface area contributed by atoms with E-state index >= 15 is 0 Å². The zero-order valence-corrected chi connectivity index (χ0v) is 26.1. The Morgan fingerprint density at radius 2 is 1.23 bits per heavy atom. The van der Waals surface area contributed by atoms with Crippen LogP contribution in [-0.4, -0.2) is 30.4 Å². The van der Waals surface area contributed by atoms with Crippen LogP contribution in [0.4, 0.5) is 8.78 Å². The summed E-state index contributed by atoms with van der Waals surface area (Å²) in [5.74, 6) is -1.14. The topological polar surface area (TPSA) is 89.6 Å². The number of hydrogen-bond donors (Lipinski definition) is 1. The number of carbonyl (C=O) groups excluding carboxylic acids is 1. The Morgan fingerprint density at radius 1 is 0.857 bits per heavy atom. The fourth-order valence-corrected chi connectivity index (χ4v) is 3.49. The monoisotopic (exact) mass is 696 g/mol. The number of carbonyl (C=O) groups is 1. The van der Waals surface area contributed by atoms with Crippen LogP contribution in [0.1, 0.15) is 57.5 Å². The molecule has 0 spiro atoms. The van der Waals surface area contributed by atoms with E-state index in [0.717, 1.165) is 0 Å². The number of rotatable bonds is 3. The first-order valence-electron chi connectivity index (χ1n) is 9.69. The van der Waals surface area contributed by atoms with Crippen molar-refractivity contribution >= 4 is 89.5 Å². The van der Waals surface area contributed by atoms with Gasteiger partial charge in [0.15, 0.2) is 17.9 Å². The third kappa shape index (κ3) is 12.0. The molecule has 2 aromatic carbocycles. The van der Waals surface area contributed by atoms with Crippen LogP contribution in [0, 0.1) is 11.6 Å². The minimum Gasteiger partial charge on any atom is -0.298 e. The summed E-state index contributed by atoms with van der Waals surface area (Å²) < 4.78 is 51.9. The van der Waals surface area contributed by atoms with E-state index in [1.54, 1.807) is 6.07 Å². The normalized spacial score (nSPS) is 13.3. The van der Waals surface area contributed by atoms with Crippen molar-refractivity contribution in [1.82, 2.24) is 0 Å². The van der Waals surface area contributed by atoms with Gasteiger partial charge in [-0.25, -0.2) is 17.2 Å². The number of benzene rings is 2. The minimum absolute atomic E-state index is 0.00229. The highest BCUT2D eigenvalue weighted by atomic mass is 79.9. The molecule has 35 heavy (non-hydrogen) atoms. The van der Waals surface area contributed by atoms with Gasteiger partial charge in [-0.15, -0.1) is 0 Å². The molecule has 13 heteroatoms. The Hall–Kier alpha value is -0.560. The Morgan fingerprint density at radius 3 is 1.57 bits per heavy atom. The van der Waals surface area contributed by atoms with Gasteiger partial charge >= 0.3 is 0 Å². The average Bonchev–Trinajstić information content (AvgIpc) is 2.75. The minimum atomic E-state index is -1.36. The third-order valence-corrected chi connectivity index (χ3v) is 8.42. The Labute approximate surface area is 236 Å². The van der Waals surface area contributed by atoms with Crippen molar-refractivity contribution in [2.24, 2.45) is 9.54 Å². The van der Waals surface area contributed by atoms with E-state index in [4.69, 9.17) is 28.3 Å². The van der Waals surface area contributed by atoms with Gasteiger partial charge in [-0.1, -0.05) is 29.3 Å². The number of hydrogen-bond acceptors (Lipinski definition) is 3. The molecule has 2 aromatic rings. The molecule has 0 aliphatic rings. The summed E-state index contributed by atoms with van der Waals surface area (Å²) in [4.78, 5) is 10.3. The van der Waals surface area contributed by atoms with Crippen molar-refractivity contribution in [3.05, 3.63) is 66.0 Å². The van der Waals surface area contributed by atoms with Crippen LogP contribution in [-0.2, 0) is 22.0 Å². The molecule has 0 saturated heterocycles. The molecule has 0 amide bonds. The van der Waals surface area contributed by atoms with E-state index in [0.29, 0.717) is 11.8 Å². The first-order valence-corrected chi connectivity index (χ1v) is 14.3. The van der Waals surface area contributed by atoms with Gasteiger partial charge in [0.05, 0.1) is 39.5 Å². The maximum atomic E-state index is 13.4. The largest absolute Gasteiger partial charge is 0.298 e. The van der Waals surface area contributed by atoms with Gasteiger partial charge in [0.25, 0.3) is 0 Å². The summed E-state index contributed by atoms with van der Waals surface area (Å²) >= 11 is 17.0. The quantitative estimate of drug-likeness (QED) is 0.204. The van der Waals surface area contributed by atoms with E-state index in [9.17, 15) is 22.0 Å². The highest BCUT2D eigenvalue weighted by Crippen LogP contribution is 2.26. The van der Waals surface area contributed by atoms with Crippen molar-refractivity contribution in [3.63, 3.8) is 0 Å². The van der Waals surface area contributed by atoms with E-state index in [1.165, 1.54) is 24.4 Å². The zero-order valence-electron chi connectivity index (χ0n) is 19.8. The summed E-state index contributed by atoms with van der Waals surface area (Å²) in [7, 11) is -2.55. The maximum Gasteiger partial charge on any atom is 0.156 e. The van der Waals surface area contributed by atoms with E-state index < -0.39 is 38.4 Å². The fourth-order valence-electron chi connectivity index (χ4n) is 1.54. The summed E-state index contributed by atoms with van der Waals surface area (Å²) in [5.41, 5.74) is 0.761. The lowest BCUT2D eigenvalue weighted by molar-refractivity contribution is 0.112. The Bertz CT molecular complexity index is 1120. The number of nitrogens with zero attached hydrogens (tertiary/aromatic N) is 1. The predicted molar refractivity (Wildman–Crippen MR) is 151 cm³/mol. The lowest BCUT2D eigenvalue weighted by Crippen LogP contribution is -2.27. The summed E-state index contributed by atoms with van der Waals surface area (Å²) in [5, 5.41) is 5.08. The highest BCUT2D eigenvalue weighted by molar-refractivity contribution is 9.10. The van der Waals surface area contributed by atoms with E-state index in [2.05, 4.69) is 36.3 Å². The molecule has 0 aromatic heterocycles. The SMILES string of the molecule is CC(C)(C)S(=O)N=Cc1ccc(Cl)c(F)c1Br.CC(C)(C)S(N)=O.O=Cc1ccc(Cl)c(F)c1Br. The average molecular weight is 699 g/mol. The second kappa shape index (κ2) is 15.0. The molecule has 196 valence electrons. The van der Waals surface area contributed by atoms with Crippen molar-refractivity contribution in [1.29, 1.82) is 0 Å². The van der Waals surface area contributed by atoms with Crippen molar-refractivity contribution in [3.8, 4) is 0 Å². The van der Waals surface area contributed by atoms with Crippen molar-refractivity contribution in [2.75, 3.05) is 0 Å². The molecule has 2 atom stereocenters. The molecular weight excluding hydrogens is 673 g/mol. The van der Waals surface area contributed by atoms with Gasteiger partial charge in [-0.05, 0) is 91.6 Å². The molecule has 2 unspecified atom stereocenters. The smallest absolute Gasteiger partial charge is 0.156 e. The highest BCUT2D eigenvalue weighted by Gasteiger charge is 2.18. The molecular formula is C22H26Br2Cl2F2N2O3S2. The van der Waals surface area contributed by atoms with Crippen LogP contribution in [0.2, 0.25) is 10.0 Å². The van der Waals surface area contributed by atoms with E-state index in [-0.39, 0.29) is 29.3 Å². The molecule has 0 saturated carbocycles. The van der Waals surface area contributed by atoms with Crippen LogP contribution >= 0.6 is 55.1 Å². The van der Waals surface area contributed by atoms with Gasteiger partial charge in [0.2, 0.25) is 0 Å². The number of nitrogens with two attached hydrogens (primary N) is 1. The number of halogens is 6. The standard InChI is InChI=1S/C11H12BrClFNOS.C7H3BrClFO.C4H11NOS/c1-11(2,3)17(16)15-6-7-4-5-8(13)10(14)9(7)12;8-6-4(3-11)1-2-5(9)7(6)10;1-4(2,3)7(5)6/h4-6H,1-3H3;1-3H;5H2,1-3H3. The molecule has 0 heterocycles. The summed E-state index contributed by atoms with van der Waals surface area (Å²) in [6, 6.07) is 5.83. The van der Waals surface area contributed by atoms with Crippen LogP contribution in [0.3, 0.4) is 0 Å². The maximum absolute atomic E-state index is 13.4. The van der Waals surface area contributed by atoms with Crippen molar-refractivity contribution < 1.29 is 22.0 Å². The molecule has 0 bridgehead atoms. The lowest BCUT2D eigenvalue weighted by Gasteiger charge is -2.12. The van der Waals surface area contributed by atoms with Crippen LogP contribution in [0.5, 0.6) is 0 Å². The van der Waals surface area contributed by atoms with E-state index in [1.807, 2.05) is 41.5 Å². The molecule has 2 N–H and O–H groups in total. The van der Waals surface area contributed by atoms with Gasteiger partial charge in [0.1, 0.15) is 11.0 Å². The summed E-state index contributed by atoms with van der Waals surface area (Å²) in [6.07, 6.45) is 1.94. The summed E-state index contributed by atoms with van der Waals surface area (Å²) in [6.45, 7) is 11.0. The predicted octanol–water partition coefficient (Wildman–Crippen LogP) is 7.58. The second-order valence-corrected chi connectivity index (χ2v) is 14.8. The van der Waals surface area contributed by atoms with Crippen LogP contribution < -0.4 is 5.14 Å². The van der Waals surface area contributed by atoms with Gasteiger partial charge in [-0.2, -0.15) is 4.40 Å². The van der Waals surface area contributed by atoms with Gasteiger partial charge < -0.3 is 0 Å². The Kier molecular flexibility index (Phi) is 14.8. The first kappa shape index (κ1) is 34.4. The van der Waals surface area contributed by atoms with Crippen LogP contribution in [0.15, 0.2) is 37.6 Å². The molecule has 0 fully saturated rings. The molecule has 0 radical (unpaired) electrons. The molecule has 5 nitrogen and oxygen atoms in total. The van der Waals surface area contributed by atoms with Crippen molar-refractivity contribution in [2.45, 2.75) is 51.0 Å². The molecule has 2 rings (SSSR count).